The Labute approximate surface area is 85.8 Å². The van der Waals surface area contributed by atoms with Gasteiger partial charge in [0.2, 0.25) is 0 Å². The van der Waals surface area contributed by atoms with E-state index in [1.807, 2.05) is 0 Å². The van der Waals surface area contributed by atoms with Crippen LogP contribution in [-0.4, -0.2) is 27.8 Å². The molecular weight excluding hydrogens is 198 g/mol. The molecule has 2 unspecified atom stereocenters. The van der Waals surface area contributed by atoms with E-state index in [2.05, 4.69) is 15.0 Å². The highest BCUT2D eigenvalue weighted by molar-refractivity contribution is 5.37. The summed E-state index contributed by atoms with van der Waals surface area (Å²) >= 11 is 0. The zero-order chi connectivity index (χ0) is 11.3. The van der Waals surface area contributed by atoms with Gasteiger partial charge >= 0.3 is 0 Å². The third kappa shape index (κ3) is 3.10. The maximum absolute atomic E-state index is 9.59. The lowest BCUT2D eigenvalue weighted by atomic mass is 10.1. The Hall–Kier alpha value is -1.82. The largest absolute Gasteiger partial charge is 0.399 e. The van der Waals surface area contributed by atoms with Crippen molar-refractivity contribution in [3.8, 4) is 0 Å². The molecule has 1 rings (SSSR count). The molecule has 15 heavy (non-hydrogen) atoms. The maximum Gasteiger partial charge on any atom is 0.122 e. The molecule has 0 amide bonds. The van der Waals surface area contributed by atoms with Gasteiger partial charge in [-0.3, -0.25) is 4.98 Å². The standard InChI is InChI=1S/C8H11N5O2/c9-5-1-2-11-6(3-5)8(15)7(14)4-12-13-10/h1-3,7-8,14-15H,4H2,(H2,9,11). The van der Waals surface area contributed by atoms with Gasteiger partial charge in [0.1, 0.15) is 6.10 Å². The summed E-state index contributed by atoms with van der Waals surface area (Å²) in [6.45, 7) is -0.214. The first kappa shape index (κ1) is 11.3. The molecule has 1 heterocycles. The minimum Gasteiger partial charge on any atom is -0.399 e. The van der Waals surface area contributed by atoms with E-state index in [0.29, 0.717) is 5.69 Å². The summed E-state index contributed by atoms with van der Waals surface area (Å²) in [6, 6.07) is 3.01. The minimum absolute atomic E-state index is 0.214. The van der Waals surface area contributed by atoms with E-state index in [1.54, 1.807) is 6.07 Å². The monoisotopic (exact) mass is 209 g/mol. The van der Waals surface area contributed by atoms with Gasteiger partial charge in [-0.05, 0) is 17.7 Å². The van der Waals surface area contributed by atoms with Crippen molar-refractivity contribution in [2.45, 2.75) is 12.2 Å². The van der Waals surface area contributed by atoms with Crippen molar-refractivity contribution in [3.63, 3.8) is 0 Å². The number of hydrogen-bond acceptors (Lipinski definition) is 5. The molecule has 7 nitrogen and oxygen atoms in total. The van der Waals surface area contributed by atoms with E-state index < -0.39 is 12.2 Å². The van der Waals surface area contributed by atoms with Gasteiger partial charge in [-0.25, -0.2) is 0 Å². The highest BCUT2D eigenvalue weighted by atomic mass is 16.3. The van der Waals surface area contributed by atoms with Crippen molar-refractivity contribution in [2.24, 2.45) is 5.11 Å². The van der Waals surface area contributed by atoms with Crippen molar-refractivity contribution in [1.29, 1.82) is 0 Å². The Kier molecular flexibility index (Phi) is 3.87. The summed E-state index contributed by atoms with van der Waals surface area (Å²) < 4.78 is 0. The average Bonchev–Trinajstić information content (AvgIpc) is 2.24. The number of aromatic nitrogens is 1. The molecule has 0 spiro atoms. The van der Waals surface area contributed by atoms with E-state index in [0.717, 1.165) is 0 Å². The van der Waals surface area contributed by atoms with Crippen molar-refractivity contribution in [2.75, 3.05) is 12.3 Å². The molecule has 0 fully saturated rings. The summed E-state index contributed by atoms with van der Waals surface area (Å²) in [5.41, 5.74) is 14.2. The Morgan fingerprint density at radius 1 is 1.60 bits per heavy atom. The number of nitrogen functional groups attached to an aromatic ring is 1. The molecular formula is C8H11N5O2. The van der Waals surface area contributed by atoms with Crippen molar-refractivity contribution in [3.05, 3.63) is 34.5 Å². The number of nitrogens with two attached hydrogens (primary N) is 1. The number of aliphatic hydroxyl groups excluding tert-OH is 2. The predicted molar refractivity (Wildman–Crippen MR) is 53.6 cm³/mol. The summed E-state index contributed by atoms with van der Waals surface area (Å²) in [5, 5.41) is 22.1. The lowest BCUT2D eigenvalue weighted by Crippen LogP contribution is -2.22. The number of azide groups is 1. The van der Waals surface area contributed by atoms with Crippen LogP contribution in [0.3, 0.4) is 0 Å². The molecule has 80 valence electrons. The van der Waals surface area contributed by atoms with Crippen LogP contribution in [0, 0.1) is 0 Å². The van der Waals surface area contributed by atoms with Crippen LogP contribution in [0.1, 0.15) is 11.8 Å². The fourth-order valence-corrected chi connectivity index (χ4v) is 1.04. The maximum atomic E-state index is 9.59. The first-order chi connectivity index (χ1) is 7.15. The van der Waals surface area contributed by atoms with Crippen LogP contribution in [0.25, 0.3) is 10.4 Å². The smallest absolute Gasteiger partial charge is 0.122 e. The molecule has 2 atom stereocenters. The summed E-state index contributed by atoms with van der Waals surface area (Å²) in [5.74, 6) is 0. The summed E-state index contributed by atoms with van der Waals surface area (Å²) in [4.78, 5) is 6.32. The van der Waals surface area contributed by atoms with Gasteiger partial charge in [-0.1, -0.05) is 5.11 Å². The van der Waals surface area contributed by atoms with Gasteiger partial charge in [0.25, 0.3) is 0 Å². The van der Waals surface area contributed by atoms with Crippen molar-refractivity contribution < 1.29 is 10.2 Å². The van der Waals surface area contributed by atoms with Crippen LogP contribution in [0.2, 0.25) is 0 Å². The number of rotatable bonds is 4. The van der Waals surface area contributed by atoms with E-state index in [4.69, 9.17) is 11.3 Å². The molecule has 0 aliphatic carbocycles. The van der Waals surface area contributed by atoms with Gasteiger partial charge in [-0.2, -0.15) is 0 Å². The van der Waals surface area contributed by atoms with Crippen molar-refractivity contribution >= 4 is 5.69 Å². The lowest BCUT2D eigenvalue weighted by molar-refractivity contribution is 0.0218. The van der Waals surface area contributed by atoms with Gasteiger partial charge in [-0.15, -0.1) is 0 Å². The van der Waals surface area contributed by atoms with Crippen LogP contribution in [0.15, 0.2) is 23.4 Å². The Morgan fingerprint density at radius 3 is 2.93 bits per heavy atom. The van der Waals surface area contributed by atoms with Crippen LogP contribution in [0.4, 0.5) is 5.69 Å². The Morgan fingerprint density at radius 2 is 2.33 bits per heavy atom. The normalized spacial score (nSPS) is 14.0. The van der Waals surface area contributed by atoms with Gasteiger partial charge < -0.3 is 15.9 Å². The van der Waals surface area contributed by atoms with Crippen LogP contribution in [0.5, 0.6) is 0 Å². The highest BCUT2D eigenvalue weighted by Gasteiger charge is 2.18. The zero-order valence-electron chi connectivity index (χ0n) is 7.85. The molecule has 0 aromatic carbocycles. The van der Waals surface area contributed by atoms with Crippen LogP contribution < -0.4 is 5.73 Å². The van der Waals surface area contributed by atoms with Gasteiger partial charge in [0.15, 0.2) is 0 Å². The first-order valence-electron chi connectivity index (χ1n) is 4.23. The molecule has 0 radical (unpaired) electrons. The average molecular weight is 209 g/mol. The number of nitrogens with zero attached hydrogens (tertiary/aromatic N) is 4. The molecule has 0 bridgehead atoms. The Bertz CT molecular complexity index is 377. The summed E-state index contributed by atoms with van der Waals surface area (Å²) in [6.07, 6.45) is -0.969. The molecule has 0 saturated carbocycles. The van der Waals surface area contributed by atoms with Crippen LogP contribution in [-0.2, 0) is 0 Å². The second-order valence-corrected chi connectivity index (χ2v) is 2.94. The molecule has 0 saturated heterocycles. The molecule has 0 aliphatic rings. The number of hydrogen-bond donors (Lipinski definition) is 3. The first-order valence-corrected chi connectivity index (χ1v) is 4.23. The number of pyridine rings is 1. The topological polar surface area (TPSA) is 128 Å². The minimum atomic E-state index is -1.21. The molecule has 1 aromatic heterocycles. The summed E-state index contributed by atoms with van der Waals surface area (Å²) in [7, 11) is 0. The fraction of sp³-hybridized carbons (Fsp3) is 0.375. The SMILES string of the molecule is [N-]=[N+]=NCC(O)C(O)c1cc(N)ccn1. The third-order valence-electron chi connectivity index (χ3n) is 1.80. The van der Waals surface area contributed by atoms with Crippen molar-refractivity contribution in [1.82, 2.24) is 4.98 Å². The second kappa shape index (κ2) is 5.16. The number of aliphatic hydroxyl groups is 2. The molecule has 4 N–H and O–H groups in total. The van der Waals surface area contributed by atoms with E-state index >= 15 is 0 Å². The van der Waals surface area contributed by atoms with E-state index in [-0.39, 0.29) is 12.2 Å². The quantitative estimate of drug-likeness (QED) is 0.375. The number of anilines is 1. The predicted octanol–water partition coefficient (Wildman–Crippen LogP) is 0.368. The fourth-order valence-electron chi connectivity index (χ4n) is 1.04. The zero-order valence-corrected chi connectivity index (χ0v) is 7.85. The molecule has 7 heteroatoms. The highest BCUT2D eigenvalue weighted by Crippen LogP contribution is 2.16. The molecule has 1 aromatic rings. The van der Waals surface area contributed by atoms with E-state index in [1.165, 1.54) is 12.3 Å². The Balaban J connectivity index is 2.75. The second-order valence-electron chi connectivity index (χ2n) is 2.94. The van der Waals surface area contributed by atoms with Gasteiger partial charge in [0, 0.05) is 16.8 Å². The third-order valence-corrected chi connectivity index (χ3v) is 1.80. The van der Waals surface area contributed by atoms with Crippen LogP contribution >= 0.6 is 0 Å². The van der Waals surface area contributed by atoms with E-state index in [9.17, 15) is 10.2 Å². The van der Waals surface area contributed by atoms with Gasteiger partial charge in [0.05, 0.1) is 18.3 Å². The molecule has 0 aliphatic heterocycles. The lowest BCUT2D eigenvalue weighted by Gasteiger charge is -2.15.